The third-order valence-corrected chi connectivity index (χ3v) is 4.75. The fourth-order valence-corrected chi connectivity index (χ4v) is 3.46. The number of hydrogen-bond acceptors (Lipinski definition) is 4. The Kier molecular flexibility index (Phi) is 3.59. The molecule has 1 fully saturated rings. The molecule has 1 atom stereocenters. The summed E-state index contributed by atoms with van der Waals surface area (Å²) in [6.45, 7) is 0. The van der Waals surface area contributed by atoms with Crippen LogP contribution in [0.15, 0.2) is 40.1 Å². The second-order valence-electron chi connectivity index (χ2n) is 6.57. The zero-order chi connectivity index (χ0) is 17.6. The van der Waals surface area contributed by atoms with Crippen molar-refractivity contribution in [3.63, 3.8) is 0 Å². The Morgan fingerprint density at radius 1 is 1.12 bits per heavy atom. The van der Waals surface area contributed by atoms with Gasteiger partial charge in [0.05, 0.1) is 5.69 Å². The van der Waals surface area contributed by atoms with Crippen LogP contribution in [0.25, 0.3) is 10.9 Å². The van der Waals surface area contributed by atoms with E-state index in [1.54, 1.807) is 6.20 Å². The smallest absolute Gasteiger partial charge is 0.253 e. The van der Waals surface area contributed by atoms with Crippen molar-refractivity contribution in [1.29, 1.82) is 0 Å². The van der Waals surface area contributed by atoms with Crippen LogP contribution in [-0.2, 0) is 0 Å². The van der Waals surface area contributed by atoms with E-state index in [2.05, 4.69) is 15.6 Å². The normalized spacial score (nSPS) is 20.0. The number of H-pyrrole nitrogens is 1. The molecule has 0 unspecified atom stereocenters. The summed E-state index contributed by atoms with van der Waals surface area (Å²) in [5.74, 6) is -2.72. The van der Waals surface area contributed by atoms with Crippen molar-refractivity contribution in [1.82, 2.24) is 4.98 Å². The Labute approximate surface area is 141 Å². The van der Waals surface area contributed by atoms with E-state index >= 15 is 0 Å². The molecule has 4 rings (SSSR count). The molecule has 25 heavy (non-hydrogen) atoms. The number of alkyl halides is 2. The molecule has 0 aliphatic heterocycles. The van der Waals surface area contributed by atoms with Crippen LogP contribution in [0.4, 0.5) is 25.8 Å². The number of aromatic nitrogens is 1. The third-order valence-electron chi connectivity index (χ3n) is 4.75. The lowest BCUT2D eigenvalue weighted by Gasteiger charge is -2.30. The highest BCUT2D eigenvalue weighted by molar-refractivity contribution is 5.95. The molecule has 5 nitrogen and oxygen atoms in total. The molecule has 1 aromatic heterocycles. The van der Waals surface area contributed by atoms with Gasteiger partial charge in [0.15, 0.2) is 0 Å². The first-order chi connectivity index (χ1) is 11.9. The molecule has 2 aromatic carbocycles. The first-order valence-electron chi connectivity index (χ1n) is 8.25. The maximum absolute atomic E-state index is 13.5. The summed E-state index contributed by atoms with van der Waals surface area (Å²) in [6.07, 6.45) is 2.21. The van der Waals surface area contributed by atoms with Crippen LogP contribution in [0.2, 0.25) is 0 Å². The van der Waals surface area contributed by atoms with Gasteiger partial charge >= 0.3 is 0 Å². The van der Waals surface area contributed by atoms with E-state index in [-0.39, 0.29) is 24.2 Å². The van der Waals surface area contributed by atoms with E-state index in [9.17, 15) is 18.4 Å². The third kappa shape index (κ3) is 2.79. The van der Waals surface area contributed by atoms with E-state index in [4.69, 9.17) is 0 Å². The van der Waals surface area contributed by atoms with E-state index < -0.39 is 22.8 Å². The lowest BCUT2D eigenvalue weighted by atomic mass is 9.91. The predicted molar refractivity (Wildman–Crippen MR) is 93.8 cm³/mol. The maximum atomic E-state index is 13.5. The van der Waals surface area contributed by atoms with E-state index in [0.29, 0.717) is 18.5 Å². The Balaban J connectivity index is 1.59. The zero-order valence-corrected chi connectivity index (χ0v) is 13.4. The fraction of sp³-hybridized carbons (Fsp3) is 0.333. The zero-order valence-electron chi connectivity index (χ0n) is 13.4. The van der Waals surface area contributed by atoms with E-state index in [1.165, 1.54) is 0 Å². The molecule has 130 valence electrons. The number of halogens is 2. The molecule has 3 aromatic rings. The van der Waals surface area contributed by atoms with Crippen molar-refractivity contribution in [3.05, 3.63) is 50.9 Å². The van der Waals surface area contributed by atoms with Gasteiger partial charge in [-0.2, -0.15) is 0 Å². The van der Waals surface area contributed by atoms with Gasteiger partial charge in [-0.15, -0.1) is 0 Å². The Bertz CT molecular complexity index is 1000. The Morgan fingerprint density at radius 3 is 2.68 bits per heavy atom. The lowest BCUT2D eigenvalue weighted by Crippen LogP contribution is -2.41. The monoisotopic (exact) mass is 345 g/mol. The van der Waals surface area contributed by atoms with Crippen LogP contribution in [0.3, 0.4) is 0 Å². The van der Waals surface area contributed by atoms with Crippen LogP contribution < -0.4 is 21.5 Å². The minimum absolute atomic E-state index is 0.109. The molecule has 0 radical (unpaired) electrons. The van der Waals surface area contributed by atoms with Gasteiger partial charge in [0.25, 0.3) is 10.9 Å². The molecule has 0 amide bonds. The maximum Gasteiger partial charge on any atom is 0.253 e. The summed E-state index contributed by atoms with van der Waals surface area (Å²) in [5, 5.41) is 6.71. The standard InChI is InChI=1S/C18H17F2N3O2/c19-18(20)7-3-4-10(8-18)22-14-15(17(25)16(14)24)23-13-9-21-12-6-2-1-5-11(12)13/h1-2,5-6,9-10,21-23H,3-4,7-8H2/t10-/m1/s1. The highest BCUT2D eigenvalue weighted by atomic mass is 19.3. The molecular formula is C18H17F2N3O2. The molecular weight excluding hydrogens is 328 g/mol. The molecule has 1 aliphatic carbocycles. The number of anilines is 3. The second-order valence-corrected chi connectivity index (χ2v) is 6.57. The first kappa shape index (κ1) is 15.8. The number of aromatic amines is 1. The van der Waals surface area contributed by atoms with Gasteiger partial charge in [-0.05, 0) is 18.9 Å². The van der Waals surface area contributed by atoms with Crippen LogP contribution in [0.5, 0.6) is 0 Å². The molecule has 1 heterocycles. The Hall–Kier alpha value is -2.70. The highest BCUT2D eigenvalue weighted by Crippen LogP contribution is 2.35. The quantitative estimate of drug-likeness (QED) is 0.633. The Morgan fingerprint density at radius 2 is 1.88 bits per heavy atom. The molecule has 0 spiro atoms. The fourth-order valence-electron chi connectivity index (χ4n) is 3.46. The topological polar surface area (TPSA) is 74.0 Å². The number of hydrogen-bond donors (Lipinski definition) is 3. The molecule has 3 N–H and O–H groups in total. The van der Waals surface area contributed by atoms with Crippen molar-refractivity contribution in [2.24, 2.45) is 0 Å². The van der Waals surface area contributed by atoms with Gasteiger partial charge in [0.1, 0.15) is 11.4 Å². The number of benzene rings is 1. The summed E-state index contributed by atoms with van der Waals surface area (Å²) in [7, 11) is 0. The van der Waals surface area contributed by atoms with Crippen LogP contribution >= 0.6 is 0 Å². The van der Waals surface area contributed by atoms with E-state index in [0.717, 1.165) is 10.9 Å². The minimum Gasteiger partial charge on any atom is -0.377 e. The van der Waals surface area contributed by atoms with E-state index in [1.807, 2.05) is 24.3 Å². The summed E-state index contributed by atoms with van der Waals surface area (Å²) in [4.78, 5) is 26.9. The largest absolute Gasteiger partial charge is 0.377 e. The molecule has 0 saturated heterocycles. The summed E-state index contributed by atoms with van der Waals surface area (Å²) >= 11 is 0. The number of nitrogens with one attached hydrogen (secondary N) is 3. The van der Waals surface area contributed by atoms with Gasteiger partial charge in [0.2, 0.25) is 5.92 Å². The summed E-state index contributed by atoms with van der Waals surface area (Å²) in [5.41, 5.74) is 0.526. The van der Waals surface area contributed by atoms with Crippen molar-refractivity contribution < 1.29 is 8.78 Å². The lowest BCUT2D eigenvalue weighted by molar-refractivity contribution is -0.0373. The SMILES string of the molecule is O=c1c(Nc2c[nH]c3ccccc23)c(N[C@@H]2CCCC(F)(F)C2)c1=O. The highest BCUT2D eigenvalue weighted by Gasteiger charge is 2.37. The molecule has 7 heteroatoms. The number of para-hydroxylation sites is 1. The molecule has 1 saturated carbocycles. The second kappa shape index (κ2) is 5.68. The summed E-state index contributed by atoms with van der Waals surface area (Å²) < 4.78 is 27.1. The van der Waals surface area contributed by atoms with Crippen LogP contribution in [0.1, 0.15) is 25.7 Å². The number of rotatable bonds is 4. The predicted octanol–water partition coefficient (Wildman–Crippen LogP) is 3.50. The van der Waals surface area contributed by atoms with Crippen molar-refractivity contribution in [3.8, 4) is 0 Å². The van der Waals surface area contributed by atoms with Gasteiger partial charge in [0, 0.05) is 36.0 Å². The van der Waals surface area contributed by atoms with Crippen molar-refractivity contribution in [2.45, 2.75) is 37.6 Å². The van der Waals surface area contributed by atoms with Gasteiger partial charge in [-0.1, -0.05) is 18.2 Å². The van der Waals surface area contributed by atoms with Crippen molar-refractivity contribution in [2.75, 3.05) is 10.6 Å². The van der Waals surface area contributed by atoms with Crippen LogP contribution in [0, 0.1) is 0 Å². The summed E-state index contributed by atoms with van der Waals surface area (Å²) in [6, 6.07) is 7.03. The van der Waals surface area contributed by atoms with Gasteiger partial charge in [-0.3, -0.25) is 9.59 Å². The minimum atomic E-state index is -2.72. The average molecular weight is 345 g/mol. The average Bonchev–Trinajstić information content (AvgIpc) is 3.00. The first-order valence-corrected chi connectivity index (χ1v) is 8.25. The molecule has 0 bridgehead atoms. The van der Waals surface area contributed by atoms with Crippen LogP contribution in [-0.4, -0.2) is 16.9 Å². The van der Waals surface area contributed by atoms with Gasteiger partial charge < -0.3 is 15.6 Å². The van der Waals surface area contributed by atoms with Gasteiger partial charge in [-0.25, -0.2) is 8.78 Å². The number of fused-ring (bicyclic) bond motifs is 1. The molecule has 1 aliphatic rings. The van der Waals surface area contributed by atoms with Crippen molar-refractivity contribution >= 4 is 28.0 Å².